The number of hydrogen-bond acceptors (Lipinski definition) is 6. The molecular formula is C15H17N3O3S. The fourth-order valence-electron chi connectivity index (χ4n) is 2.30. The summed E-state index contributed by atoms with van der Waals surface area (Å²) in [5, 5.41) is 3.38. The first-order valence-corrected chi connectivity index (χ1v) is 7.90. The molecule has 1 saturated heterocycles. The van der Waals surface area contributed by atoms with Crippen molar-refractivity contribution in [2.45, 2.75) is 12.8 Å². The van der Waals surface area contributed by atoms with Crippen molar-refractivity contribution < 1.29 is 14.3 Å². The van der Waals surface area contributed by atoms with Gasteiger partial charge in [-0.3, -0.25) is 4.79 Å². The van der Waals surface area contributed by atoms with Crippen LogP contribution < -0.4 is 10.1 Å². The lowest BCUT2D eigenvalue weighted by Gasteiger charge is -2.20. The summed E-state index contributed by atoms with van der Waals surface area (Å²) in [6, 6.07) is 7.50. The van der Waals surface area contributed by atoms with Gasteiger partial charge in [0.25, 0.3) is 0 Å². The van der Waals surface area contributed by atoms with E-state index < -0.39 is 0 Å². The topological polar surface area (TPSA) is 73.3 Å². The molecule has 0 bridgehead atoms. The summed E-state index contributed by atoms with van der Waals surface area (Å²) in [5.41, 5.74) is 0.892. The van der Waals surface area contributed by atoms with E-state index in [-0.39, 0.29) is 11.8 Å². The molecule has 0 aliphatic carbocycles. The molecule has 1 N–H and O–H groups in total. The van der Waals surface area contributed by atoms with E-state index in [1.165, 1.54) is 11.5 Å². The normalized spacial score (nSPS) is 15.5. The highest BCUT2D eigenvalue weighted by atomic mass is 32.1. The van der Waals surface area contributed by atoms with Gasteiger partial charge in [-0.05, 0) is 37.1 Å². The number of methoxy groups -OCH3 is 1. The monoisotopic (exact) mass is 319 g/mol. The molecule has 0 unspecified atom stereocenters. The summed E-state index contributed by atoms with van der Waals surface area (Å²) >= 11 is 1.19. The zero-order chi connectivity index (χ0) is 15.4. The first-order chi connectivity index (χ1) is 10.8. The quantitative estimate of drug-likeness (QED) is 0.937. The lowest BCUT2D eigenvalue weighted by Crippen LogP contribution is -2.28. The van der Waals surface area contributed by atoms with Crippen LogP contribution in [0.25, 0.3) is 11.4 Å². The number of amides is 1. The van der Waals surface area contributed by atoms with Crippen LogP contribution in [0.5, 0.6) is 5.75 Å². The molecule has 1 fully saturated rings. The molecule has 0 radical (unpaired) electrons. The van der Waals surface area contributed by atoms with E-state index >= 15 is 0 Å². The Balaban J connectivity index is 1.66. The molecule has 116 valence electrons. The number of benzene rings is 1. The minimum absolute atomic E-state index is 0.000677. The van der Waals surface area contributed by atoms with Crippen molar-refractivity contribution in [3.05, 3.63) is 24.3 Å². The van der Waals surface area contributed by atoms with Gasteiger partial charge in [-0.1, -0.05) is 0 Å². The van der Waals surface area contributed by atoms with Crippen molar-refractivity contribution in [2.75, 3.05) is 25.6 Å². The van der Waals surface area contributed by atoms with E-state index in [4.69, 9.17) is 9.47 Å². The van der Waals surface area contributed by atoms with Crippen molar-refractivity contribution in [3.8, 4) is 17.1 Å². The number of carbonyl (C=O) groups is 1. The third-order valence-corrected chi connectivity index (χ3v) is 4.23. The van der Waals surface area contributed by atoms with Crippen LogP contribution in [0.1, 0.15) is 12.8 Å². The van der Waals surface area contributed by atoms with Gasteiger partial charge in [0.15, 0.2) is 5.82 Å². The van der Waals surface area contributed by atoms with Crippen molar-refractivity contribution in [1.29, 1.82) is 0 Å². The van der Waals surface area contributed by atoms with Crippen LogP contribution in [0.15, 0.2) is 24.3 Å². The molecule has 1 aromatic heterocycles. The van der Waals surface area contributed by atoms with Gasteiger partial charge in [0.2, 0.25) is 11.0 Å². The number of hydrogen-bond donors (Lipinski definition) is 1. The fraction of sp³-hybridized carbons (Fsp3) is 0.400. The highest BCUT2D eigenvalue weighted by molar-refractivity contribution is 7.10. The van der Waals surface area contributed by atoms with Crippen molar-refractivity contribution in [1.82, 2.24) is 9.36 Å². The maximum atomic E-state index is 12.2. The maximum Gasteiger partial charge on any atom is 0.229 e. The van der Waals surface area contributed by atoms with Crippen LogP contribution in [0, 0.1) is 5.92 Å². The Hall–Kier alpha value is -1.99. The standard InChI is InChI=1S/C15H17N3O3S/c1-20-12-4-2-10(3-5-12)13-16-15(22-18-13)17-14(19)11-6-8-21-9-7-11/h2-5,11H,6-9H2,1H3,(H,16,17,18,19). The van der Waals surface area contributed by atoms with E-state index in [1.54, 1.807) is 7.11 Å². The van der Waals surface area contributed by atoms with Gasteiger partial charge in [0, 0.05) is 36.2 Å². The lowest BCUT2D eigenvalue weighted by molar-refractivity contribution is -0.122. The molecule has 0 atom stereocenters. The summed E-state index contributed by atoms with van der Waals surface area (Å²) < 4.78 is 14.7. The van der Waals surface area contributed by atoms with E-state index in [1.807, 2.05) is 24.3 Å². The highest BCUT2D eigenvalue weighted by Gasteiger charge is 2.22. The van der Waals surface area contributed by atoms with Gasteiger partial charge in [0.05, 0.1) is 7.11 Å². The molecule has 0 saturated carbocycles. The van der Waals surface area contributed by atoms with Crippen LogP contribution >= 0.6 is 11.5 Å². The molecule has 1 aliphatic heterocycles. The number of rotatable bonds is 4. The smallest absolute Gasteiger partial charge is 0.229 e. The molecular weight excluding hydrogens is 302 g/mol. The Morgan fingerprint density at radius 2 is 2.05 bits per heavy atom. The van der Waals surface area contributed by atoms with Gasteiger partial charge in [-0.15, -0.1) is 0 Å². The summed E-state index contributed by atoms with van der Waals surface area (Å²) in [6.07, 6.45) is 1.52. The number of anilines is 1. The lowest BCUT2D eigenvalue weighted by atomic mass is 10.00. The second-order valence-corrected chi connectivity index (χ2v) is 5.78. The SMILES string of the molecule is COc1ccc(-c2nsc(NC(=O)C3CCOCC3)n2)cc1. The molecule has 1 amide bonds. The number of nitrogens with zero attached hydrogens (tertiary/aromatic N) is 2. The average Bonchev–Trinajstić information content (AvgIpc) is 3.04. The van der Waals surface area contributed by atoms with Gasteiger partial charge in [-0.2, -0.15) is 9.36 Å². The van der Waals surface area contributed by atoms with Crippen LogP contribution in [0.2, 0.25) is 0 Å². The molecule has 2 aromatic rings. The van der Waals surface area contributed by atoms with Crippen molar-refractivity contribution in [3.63, 3.8) is 0 Å². The van der Waals surface area contributed by atoms with Crippen LogP contribution in [0.4, 0.5) is 5.13 Å². The Morgan fingerprint density at radius 1 is 1.32 bits per heavy atom. The van der Waals surface area contributed by atoms with E-state index in [9.17, 15) is 4.79 Å². The summed E-state index contributed by atoms with van der Waals surface area (Å²) in [5.74, 6) is 1.39. The molecule has 22 heavy (non-hydrogen) atoms. The second-order valence-electron chi connectivity index (χ2n) is 5.03. The van der Waals surface area contributed by atoms with Gasteiger partial charge >= 0.3 is 0 Å². The number of carbonyl (C=O) groups excluding carboxylic acids is 1. The van der Waals surface area contributed by atoms with Crippen LogP contribution in [0.3, 0.4) is 0 Å². The molecule has 3 rings (SSSR count). The molecule has 2 heterocycles. The summed E-state index contributed by atoms with van der Waals surface area (Å²) in [7, 11) is 1.63. The minimum atomic E-state index is 0.000677. The highest BCUT2D eigenvalue weighted by Crippen LogP contribution is 2.24. The number of aromatic nitrogens is 2. The molecule has 0 spiro atoms. The first-order valence-electron chi connectivity index (χ1n) is 7.13. The Bertz CT molecular complexity index is 636. The zero-order valence-corrected chi connectivity index (χ0v) is 13.1. The van der Waals surface area contributed by atoms with Crippen molar-refractivity contribution in [2.24, 2.45) is 5.92 Å². The second kappa shape index (κ2) is 6.85. The molecule has 7 heteroatoms. The number of ether oxygens (including phenoxy) is 2. The van der Waals surface area contributed by atoms with Gasteiger partial charge in [-0.25, -0.2) is 0 Å². The fourth-order valence-corrected chi connectivity index (χ4v) is 2.89. The van der Waals surface area contributed by atoms with Crippen molar-refractivity contribution >= 4 is 22.6 Å². The Kier molecular flexibility index (Phi) is 4.65. The average molecular weight is 319 g/mol. The first kappa shape index (κ1) is 14.9. The van der Waals surface area contributed by atoms with E-state index in [0.717, 1.165) is 24.2 Å². The molecule has 1 aromatic carbocycles. The maximum absolute atomic E-state index is 12.2. The zero-order valence-electron chi connectivity index (χ0n) is 12.2. The minimum Gasteiger partial charge on any atom is -0.497 e. The summed E-state index contributed by atoms with van der Waals surface area (Å²) in [4.78, 5) is 16.5. The van der Waals surface area contributed by atoms with Gasteiger partial charge in [0.1, 0.15) is 5.75 Å². The largest absolute Gasteiger partial charge is 0.497 e. The molecule has 1 aliphatic rings. The molecule has 6 nitrogen and oxygen atoms in total. The summed E-state index contributed by atoms with van der Waals surface area (Å²) in [6.45, 7) is 1.29. The predicted octanol–water partition coefficient (Wildman–Crippen LogP) is 2.58. The van der Waals surface area contributed by atoms with Gasteiger partial charge < -0.3 is 14.8 Å². The third kappa shape index (κ3) is 3.42. The Morgan fingerprint density at radius 3 is 2.73 bits per heavy atom. The third-order valence-electron chi connectivity index (χ3n) is 3.60. The Labute approximate surface area is 132 Å². The van der Waals surface area contributed by atoms with Crippen LogP contribution in [-0.2, 0) is 9.53 Å². The predicted molar refractivity (Wildman–Crippen MR) is 84.1 cm³/mol. The van der Waals surface area contributed by atoms with E-state index in [0.29, 0.717) is 24.2 Å². The van der Waals surface area contributed by atoms with Crippen LogP contribution in [-0.4, -0.2) is 35.6 Å². The van der Waals surface area contributed by atoms with E-state index in [2.05, 4.69) is 14.7 Å². The number of nitrogens with one attached hydrogen (secondary N) is 1.